The Morgan fingerprint density at radius 2 is 0.949 bits per heavy atom. The van der Waals surface area contributed by atoms with Crippen LogP contribution < -0.4 is 10.2 Å². The topological polar surface area (TPSA) is 106 Å². The maximum absolute atomic E-state index is 4.44. The van der Waals surface area contributed by atoms with E-state index in [-0.39, 0.29) is 21.1 Å². The van der Waals surface area contributed by atoms with E-state index in [4.69, 9.17) is 0 Å². The summed E-state index contributed by atoms with van der Waals surface area (Å²) >= 11 is 0. The number of aryl methyl sites for hydroxylation is 2. The number of benzene rings is 2. The number of hydrogen-bond acceptors (Lipinski definition) is 6. The zero-order chi connectivity index (χ0) is 25.3. The summed E-state index contributed by atoms with van der Waals surface area (Å²) in [6.45, 7) is 0. The van der Waals surface area contributed by atoms with Crippen LogP contribution in [0.25, 0.3) is 44.6 Å². The molecule has 0 amide bonds. The predicted octanol–water partition coefficient (Wildman–Crippen LogP) is 5.05. The summed E-state index contributed by atoms with van der Waals surface area (Å²) in [6, 6.07) is 16.1. The Bertz CT molecular complexity index is 1620. The van der Waals surface area contributed by atoms with Crippen molar-refractivity contribution in [1.29, 1.82) is 0 Å². The molecule has 0 aliphatic heterocycles. The van der Waals surface area contributed by atoms with E-state index < -0.39 is 0 Å². The van der Waals surface area contributed by atoms with Gasteiger partial charge >= 0.3 is 21.1 Å². The van der Waals surface area contributed by atoms with Gasteiger partial charge in [-0.3, -0.25) is 0 Å². The SMILES string of the molecule is [Pt+2].c1ccc2c(-c3[n-]nc4c3CCCC4)ncnc2c1.c1ccc2c(-c3[n-]nc4c3CCCC4)ncnc2c1. The van der Waals surface area contributed by atoms with Crippen LogP contribution in [0.3, 0.4) is 0 Å². The molecule has 0 saturated carbocycles. The molecule has 0 spiro atoms. The Morgan fingerprint density at radius 3 is 1.44 bits per heavy atom. The molecule has 2 aromatic carbocycles. The van der Waals surface area contributed by atoms with Crippen molar-refractivity contribution in [2.24, 2.45) is 0 Å². The second kappa shape index (κ2) is 11.1. The van der Waals surface area contributed by atoms with Crippen molar-refractivity contribution < 1.29 is 21.1 Å². The Kier molecular flexibility index (Phi) is 7.29. The summed E-state index contributed by atoms with van der Waals surface area (Å²) in [5.74, 6) is 0. The van der Waals surface area contributed by atoms with Gasteiger partial charge in [-0.15, -0.1) is 0 Å². The van der Waals surface area contributed by atoms with Crippen molar-refractivity contribution >= 4 is 21.8 Å². The van der Waals surface area contributed by atoms with Crippen molar-refractivity contribution in [2.45, 2.75) is 51.4 Å². The first-order valence-electron chi connectivity index (χ1n) is 13.3. The molecule has 2 aliphatic rings. The molecule has 2 aliphatic carbocycles. The van der Waals surface area contributed by atoms with Crippen LogP contribution in [0.2, 0.25) is 0 Å². The zero-order valence-corrected chi connectivity index (χ0v) is 23.6. The Hall–Kier alpha value is -3.77. The Balaban J connectivity index is 0.000000138. The summed E-state index contributed by atoms with van der Waals surface area (Å²) in [6.07, 6.45) is 12.3. The minimum atomic E-state index is 0. The molecule has 0 atom stereocenters. The quantitative estimate of drug-likeness (QED) is 0.248. The minimum absolute atomic E-state index is 0. The molecular formula is C30H26N8Pt. The first-order chi connectivity index (χ1) is 18.9. The first kappa shape index (κ1) is 25.5. The molecule has 39 heavy (non-hydrogen) atoms. The number of para-hydroxylation sites is 2. The summed E-state index contributed by atoms with van der Waals surface area (Å²) in [4.78, 5) is 17.5. The molecule has 0 radical (unpaired) electrons. The van der Waals surface area contributed by atoms with E-state index in [0.717, 1.165) is 81.7 Å². The van der Waals surface area contributed by atoms with Gasteiger partial charge in [-0.05, 0) is 74.6 Å². The van der Waals surface area contributed by atoms with Crippen molar-refractivity contribution in [2.75, 3.05) is 0 Å². The fourth-order valence-corrected chi connectivity index (χ4v) is 5.62. The molecule has 6 aromatic rings. The average Bonchev–Trinajstić information content (AvgIpc) is 3.62. The third kappa shape index (κ3) is 4.78. The molecule has 0 saturated heterocycles. The molecule has 8 nitrogen and oxygen atoms in total. The molecule has 8 rings (SSSR count). The second-order valence-electron chi connectivity index (χ2n) is 9.84. The smallest absolute Gasteiger partial charge is 0.573 e. The van der Waals surface area contributed by atoms with Crippen molar-refractivity contribution in [1.82, 2.24) is 40.3 Å². The Labute approximate surface area is 240 Å². The standard InChI is InChI=1S/2C15H13N4.Pt/c2*1-3-7-12-10(5-1)14(17-9-16-12)15-11-6-2-4-8-13(11)18-19-15;/h2*1,3,5,7,9H,2,4,6,8H2;/q2*-1;+2. The van der Waals surface area contributed by atoms with Gasteiger partial charge in [0.15, 0.2) is 0 Å². The van der Waals surface area contributed by atoms with Gasteiger partial charge in [-0.25, -0.2) is 19.9 Å². The van der Waals surface area contributed by atoms with Crippen molar-refractivity contribution in [3.05, 3.63) is 83.7 Å². The van der Waals surface area contributed by atoms with Crippen molar-refractivity contribution in [3.8, 4) is 22.8 Å². The van der Waals surface area contributed by atoms with Crippen LogP contribution in [-0.4, -0.2) is 30.1 Å². The molecule has 0 fully saturated rings. The number of fused-ring (bicyclic) bond motifs is 4. The van der Waals surface area contributed by atoms with Crippen LogP contribution >= 0.6 is 0 Å². The van der Waals surface area contributed by atoms with E-state index in [0.29, 0.717) is 0 Å². The summed E-state index contributed by atoms with van der Waals surface area (Å²) < 4.78 is 0. The van der Waals surface area contributed by atoms with E-state index in [1.807, 2.05) is 36.4 Å². The fraction of sp³-hybridized carbons (Fsp3) is 0.267. The minimum Gasteiger partial charge on any atom is -0.573 e. The first-order valence-corrected chi connectivity index (χ1v) is 13.3. The molecule has 0 unspecified atom stereocenters. The van der Waals surface area contributed by atoms with Crippen LogP contribution in [0.5, 0.6) is 0 Å². The Morgan fingerprint density at radius 1 is 0.513 bits per heavy atom. The number of aromatic nitrogens is 8. The van der Waals surface area contributed by atoms with Crippen LogP contribution in [0.4, 0.5) is 0 Å². The van der Waals surface area contributed by atoms with Crippen LogP contribution in [0.1, 0.15) is 48.2 Å². The molecule has 196 valence electrons. The fourth-order valence-electron chi connectivity index (χ4n) is 5.62. The van der Waals surface area contributed by atoms with Gasteiger partial charge in [0.2, 0.25) is 0 Å². The van der Waals surface area contributed by atoms with Crippen LogP contribution in [0.15, 0.2) is 61.2 Å². The number of rotatable bonds is 2. The monoisotopic (exact) mass is 693 g/mol. The molecule has 0 bridgehead atoms. The van der Waals surface area contributed by atoms with Crippen LogP contribution in [-0.2, 0) is 46.7 Å². The average molecular weight is 694 g/mol. The zero-order valence-electron chi connectivity index (χ0n) is 21.3. The van der Waals surface area contributed by atoms with Gasteiger partial charge < -0.3 is 20.4 Å². The van der Waals surface area contributed by atoms with Crippen molar-refractivity contribution in [3.63, 3.8) is 0 Å². The molecular weight excluding hydrogens is 667 g/mol. The maximum atomic E-state index is 4.44. The predicted molar refractivity (Wildman–Crippen MR) is 145 cm³/mol. The summed E-state index contributed by atoms with van der Waals surface area (Å²) in [5.41, 5.74) is 10.5. The van der Waals surface area contributed by atoms with Gasteiger partial charge in [0.05, 0.1) is 22.4 Å². The number of nitrogens with zero attached hydrogens (tertiary/aromatic N) is 8. The van der Waals surface area contributed by atoms with E-state index >= 15 is 0 Å². The van der Waals surface area contributed by atoms with E-state index in [1.165, 1.54) is 36.8 Å². The third-order valence-corrected chi connectivity index (χ3v) is 7.52. The van der Waals surface area contributed by atoms with Gasteiger partial charge in [0, 0.05) is 22.2 Å². The third-order valence-electron chi connectivity index (χ3n) is 7.52. The summed E-state index contributed by atoms with van der Waals surface area (Å²) in [5, 5.41) is 19.5. The second-order valence-corrected chi connectivity index (χ2v) is 9.84. The number of hydrogen-bond donors (Lipinski definition) is 0. The molecule has 9 heteroatoms. The van der Waals surface area contributed by atoms with Gasteiger partial charge in [0.1, 0.15) is 12.7 Å². The molecule has 4 aromatic heterocycles. The van der Waals surface area contributed by atoms with E-state index in [2.05, 4.69) is 52.5 Å². The van der Waals surface area contributed by atoms with Gasteiger partial charge in [-0.2, -0.15) is 0 Å². The molecule has 4 heterocycles. The largest absolute Gasteiger partial charge is 2.00 e. The molecule has 0 N–H and O–H groups in total. The van der Waals surface area contributed by atoms with E-state index in [9.17, 15) is 0 Å². The normalized spacial score (nSPS) is 14.2. The van der Waals surface area contributed by atoms with E-state index in [1.54, 1.807) is 12.7 Å². The van der Waals surface area contributed by atoms with Crippen LogP contribution in [0, 0.1) is 0 Å². The maximum Gasteiger partial charge on any atom is 2.00 e. The van der Waals surface area contributed by atoms with Gasteiger partial charge in [0.25, 0.3) is 0 Å². The summed E-state index contributed by atoms with van der Waals surface area (Å²) in [7, 11) is 0. The van der Waals surface area contributed by atoms with Gasteiger partial charge in [-0.1, -0.05) is 47.8 Å².